The lowest BCUT2D eigenvalue weighted by Gasteiger charge is -2.14. The van der Waals surface area contributed by atoms with Gasteiger partial charge < -0.3 is 10.4 Å². The van der Waals surface area contributed by atoms with Crippen molar-refractivity contribution in [2.24, 2.45) is 0 Å². The number of carboxylic acids is 1. The van der Waals surface area contributed by atoms with Gasteiger partial charge in [-0.25, -0.2) is 0 Å². The molecule has 8 heteroatoms. The van der Waals surface area contributed by atoms with E-state index in [9.17, 15) is 14.4 Å². The van der Waals surface area contributed by atoms with Crippen LogP contribution < -0.4 is 5.32 Å². The minimum Gasteiger partial charge on any atom is -0.481 e. The molecule has 2 amide bonds. The zero-order valence-electron chi connectivity index (χ0n) is 14.3. The van der Waals surface area contributed by atoms with Crippen molar-refractivity contribution in [1.29, 1.82) is 0 Å². The highest BCUT2D eigenvalue weighted by atomic mass is 32.2. The molecular formula is C18H22N2O4S2. The Morgan fingerprint density at radius 2 is 1.92 bits per heavy atom. The third-order valence-corrected chi connectivity index (χ3v) is 5.64. The van der Waals surface area contributed by atoms with Gasteiger partial charge in [0.05, 0.1) is 5.25 Å². The van der Waals surface area contributed by atoms with Crippen molar-refractivity contribution in [3.63, 3.8) is 0 Å². The topological polar surface area (TPSA) is 86.7 Å². The highest BCUT2D eigenvalue weighted by Gasteiger charge is 2.35. The lowest BCUT2D eigenvalue weighted by atomic mass is 10.1. The van der Waals surface area contributed by atoms with Crippen LogP contribution in [0, 0.1) is 0 Å². The van der Waals surface area contributed by atoms with Gasteiger partial charge in [0.1, 0.15) is 4.32 Å². The Morgan fingerprint density at radius 1 is 1.19 bits per heavy atom. The first kappa shape index (κ1) is 20.4. The Labute approximate surface area is 162 Å². The molecule has 0 unspecified atom stereocenters. The van der Waals surface area contributed by atoms with Crippen LogP contribution in [-0.2, 0) is 9.59 Å². The number of aliphatic carboxylic acids is 1. The second kappa shape index (κ2) is 10.3. The number of nitrogens with one attached hydrogen (secondary N) is 1. The normalized spacial score (nSPS) is 16.8. The molecule has 1 aromatic carbocycles. The third-order valence-electron chi connectivity index (χ3n) is 3.99. The molecule has 1 aromatic rings. The smallest absolute Gasteiger partial charge is 0.303 e. The van der Waals surface area contributed by atoms with Gasteiger partial charge in [-0.05, 0) is 31.4 Å². The van der Waals surface area contributed by atoms with Crippen LogP contribution >= 0.6 is 24.0 Å². The molecule has 140 valence electrons. The highest BCUT2D eigenvalue weighted by Crippen LogP contribution is 2.30. The molecule has 0 bridgehead atoms. The minimum atomic E-state index is -0.871. The summed E-state index contributed by atoms with van der Waals surface area (Å²) in [6, 6.07) is 9.04. The molecule has 0 aromatic heterocycles. The Balaban J connectivity index is 1.65. The molecule has 26 heavy (non-hydrogen) atoms. The number of amides is 2. The summed E-state index contributed by atoms with van der Waals surface area (Å²) in [7, 11) is 0. The summed E-state index contributed by atoms with van der Waals surface area (Å²) < 4.78 is 0.530. The maximum Gasteiger partial charge on any atom is 0.303 e. The molecule has 0 saturated carbocycles. The quantitative estimate of drug-likeness (QED) is 0.469. The molecule has 1 heterocycles. The van der Waals surface area contributed by atoms with Crippen molar-refractivity contribution < 1.29 is 19.5 Å². The predicted octanol–water partition coefficient (Wildman–Crippen LogP) is 2.68. The molecule has 1 atom stereocenters. The van der Waals surface area contributed by atoms with Crippen molar-refractivity contribution >= 4 is 46.1 Å². The molecule has 1 fully saturated rings. The van der Waals surface area contributed by atoms with Crippen LogP contribution in [0.2, 0.25) is 0 Å². The summed E-state index contributed by atoms with van der Waals surface area (Å²) in [6.45, 7) is 0.923. The maximum absolute atomic E-state index is 12.3. The average Bonchev–Trinajstić information content (AvgIpc) is 2.89. The molecular weight excluding hydrogens is 372 g/mol. The van der Waals surface area contributed by atoms with Gasteiger partial charge >= 0.3 is 5.97 Å². The Kier molecular flexibility index (Phi) is 8.06. The fourth-order valence-corrected chi connectivity index (χ4v) is 4.21. The van der Waals surface area contributed by atoms with E-state index in [0.717, 1.165) is 12.8 Å². The van der Waals surface area contributed by atoms with Crippen molar-refractivity contribution in [2.75, 3.05) is 13.1 Å². The SMILES string of the molecule is O=C(O)CCCN1C(=O)[C@@H](CCCCNC(=O)c2ccccc2)SC1=S. The molecule has 2 N–H and O–H groups in total. The van der Waals surface area contributed by atoms with E-state index in [4.69, 9.17) is 17.3 Å². The number of carbonyl (C=O) groups is 3. The van der Waals surface area contributed by atoms with Crippen LogP contribution in [0.5, 0.6) is 0 Å². The fourth-order valence-electron chi connectivity index (χ4n) is 2.62. The minimum absolute atomic E-state index is 0.0290. The van der Waals surface area contributed by atoms with E-state index >= 15 is 0 Å². The summed E-state index contributed by atoms with van der Waals surface area (Å²) >= 11 is 6.60. The molecule has 2 rings (SSSR count). The summed E-state index contributed by atoms with van der Waals surface area (Å²) in [5, 5.41) is 11.4. The lowest BCUT2D eigenvalue weighted by molar-refractivity contribution is -0.137. The molecule has 1 aliphatic rings. The van der Waals surface area contributed by atoms with Gasteiger partial charge in [-0.15, -0.1) is 0 Å². The number of hydrogen-bond donors (Lipinski definition) is 2. The maximum atomic E-state index is 12.3. The first-order valence-electron chi connectivity index (χ1n) is 8.56. The largest absolute Gasteiger partial charge is 0.481 e. The van der Waals surface area contributed by atoms with Gasteiger partial charge in [-0.1, -0.05) is 48.6 Å². The van der Waals surface area contributed by atoms with Crippen LogP contribution in [-0.4, -0.2) is 50.5 Å². The van der Waals surface area contributed by atoms with E-state index < -0.39 is 5.97 Å². The second-order valence-corrected chi connectivity index (χ2v) is 7.81. The first-order valence-corrected chi connectivity index (χ1v) is 9.85. The van der Waals surface area contributed by atoms with Crippen LogP contribution in [0.4, 0.5) is 0 Å². The summed E-state index contributed by atoms with van der Waals surface area (Å²) in [5.74, 6) is -0.995. The molecule has 1 aliphatic heterocycles. The first-order chi connectivity index (χ1) is 12.5. The van der Waals surface area contributed by atoms with Gasteiger partial charge in [0, 0.05) is 25.1 Å². The zero-order chi connectivity index (χ0) is 18.9. The number of carbonyl (C=O) groups excluding carboxylic acids is 2. The molecule has 0 spiro atoms. The third kappa shape index (κ3) is 6.10. The molecule has 6 nitrogen and oxygen atoms in total. The van der Waals surface area contributed by atoms with Crippen LogP contribution in [0.1, 0.15) is 42.5 Å². The fraction of sp³-hybridized carbons (Fsp3) is 0.444. The van der Waals surface area contributed by atoms with Gasteiger partial charge in [0.15, 0.2) is 0 Å². The summed E-state index contributed by atoms with van der Waals surface area (Å²) in [5.41, 5.74) is 0.636. The van der Waals surface area contributed by atoms with Crippen molar-refractivity contribution in [3.8, 4) is 0 Å². The van der Waals surface area contributed by atoms with E-state index in [1.807, 2.05) is 18.2 Å². The number of thioether (sulfide) groups is 1. The Hall–Kier alpha value is -1.93. The van der Waals surface area contributed by atoms with Gasteiger partial charge in [-0.3, -0.25) is 19.3 Å². The number of carboxylic acid groups (broad SMARTS) is 1. The number of hydrogen-bond acceptors (Lipinski definition) is 5. The zero-order valence-corrected chi connectivity index (χ0v) is 16.0. The Morgan fingerprint density at radius 3 is 2.62 bits per heavy atom. The van der Waals surface area contributed by atoms with E-state index in [-0.39, 0.29) is 23.5 Å². The predicted molar refractivity (Wildman–Crippen MR) is 105 cm³/mol. The number of unbranched alkanes of at least 4 members (excludes halogenated alkanes) is 1. The van der Waals surface area contributed by atoms with Crippen molar-refractivity contribution in [3.05, 3.63) is 35.9 Å². The van der Waals surface area contributed by atoms with Gasteiger partial charge in [0.25, 0.3) is 5.91 Å². The van der Waals surface area contributed by atoms with E-state index in [1.165, 1.54) is 16.7 Å². The van der Waals surface area contributed by atoms with Crippen molar-refractivity contribution in [1.82, 2.24) is 10.2 Å². The summed E-state index contributed by atoms with van der Waals surface area (Å²) in [6.07, 6.45) is 2.72. The molecule has 0 aliphatic carbocycles. The standard InChI is InChI=1S/C18H22N2O4S2/c21-15(22)10-6-12-20-17(24)14(26-18(20)25)9-4-5-11-19-16(23)13-7-2-1-3-8-13/h1-3,7-8,14H,4-6,9-12H2,(H,19,23)(H,21,22)/t14-/m1/s1. The highest BCUT2D eigenvalue weighted by molar-refractivity contribution is 8.24. The van der Waals surface area contributed by atoms with Gasteiger partial charge in [0.2, 0.25) is 5.91 Å². The Bertz CT molecular complexity index is 666. The average molecular weight is 395 g/mol. The van der Waals surface area contributed by atoms with Crippen LogP contribution in [0.25, 0.3) is 0 Å². The monoisotopic (exact) mass is 394 g/mol. The molecule has 1 saturated heterocycles. The summed E-state index contributed by atoms with van der Waals surface area (Å²) in [4.78, 5) is 36.4. The number of benzene rings is 1. The van der Waals surface area contributed by atoms with Crippen LogP contribution in [0.15, 0.2) is 30.3 Å². The lowest BCUT2D eigenvalue weighted by Crippen LogP contribution is -2.32. The van der Waals surface area contributed by atoms with Crippen molar-refractivity contribution in [2.45, 2.75) is 37.4 Å². The number of nitrogens with zero attached hydrogens (tertiary/aromatic N) is 1. The number of rotatable bonds is 10. The van der Waals surface area contributed by atoms with E-state index in [1.54, 1.807) is 12.1 Å². The van der Waals surface area contributed by atoms with E-state index in [2.05, 4.69) is 5.32 Å². The van der Waals surface area contributed by atoms with Crippen LogP contribution in [0.3, 0.4) is 0 Å². The second-order valence-electron chi connectivity index (χ2n) is 5.98. The van der Waals surface area contributed by atoms with Gasteiger partial charge in [-0.2, -0.15) is 0 Å². The molecule has 0 radical (unpaired) electrons. The van der Waals surface area contributed by atoms with E-state index in [0.29, 0.717) is 35.8 Å². The number of thiocarbonyl (C=S) groups is 1.